The van der Waals surface area contributed by atoms with Gasteiger partial charge in [-0.2, -0.15) is 9.78 Å². The molecule has 1 N–H and O–H groups in total. The van der Waals surface area contributed by atoms with Crippen molar-refractivity contribution >= 4 is 44.6 Å². The number of carbonyl (C=O) groups is 1. The van der Waals surface area contributed by atoms with Crippen LogP contribution in [-0.2, 0) is 4.79 Å². The summed E-state index contributed by atoms with van der Waals surface area (Å²) in [5.74, 6) is 0.760. The fourth-order valence-corrected chi connectivity index (χ4v) is 4.61. The Morgan fingerprint density at radius 1 is 1.02 bits per heavy atom. The van der Waals surface area contributed by atoms with Crippen molar-refractivity contribution in [2.24, 2.45) is 5.10 Å². The topological polar surface area (TPSA) is 94.8 Å². The smallest absolute Gasteiger partial charge is 0.282 e. The zero-order valence-corrected chi connectivity index (χ0v) is 23.4. The number of aryl methyl sites for hydroxylation is 1. The van der Waals surface area contributed by atoms with Gasteiger partial charge in [-0.05, 0) is 42.8 Å². The summed E-state index contributed by atoms with van der Waals surface area (Å²) in [5, 5.41) is 7.84. The molecule has 4 aromatic carbocycles. The molecule has 5 aromatic rings. The molecule has 0 fully saturated rings. The van der Waals surface area contributed by atoms with Crippen LogP contribution in [-0.4, -0.2) is 35.5 Å². The van der Waals surface area contributed by atoms with Crippen LogP contribution in [0.1, 0.15) is 11.1 Å². The number of halogens is 1. The van der Waals surface area contributed by atoms with E-state index in [-0.39, 0.29) is 18.1 Å². The number of hydrogen-bond acceptors (Lipinski definition) is 6. The van der Waals surface area contributed by atoms with Crippen LogP contribution in [0.25, 0.3) is 22.3 Å². The Morgan fingerprint density at radius 3 is 2.52 bits per heavy atom. The molecule has 1 heterocycles. The number of benzene rings is 4. The van der Waals surface area contributed by atoms with Crippen LogP contribution in [0.15, 0.2) is 105 Å². The van der Waals surface area contributed by atoms with Gasteiger partial charge in [0.25, 0.3) is 11.5 Å². The number of anilines is 1. The van der Waals surface area contributed by atoms with Crippen LogP contribution >= 0.6 is 15.9 Å². The Bertz CT molecular complexity index is 1780. The average Bonchev–Trinajstić information content (AvgIpc) is 2.97. The van der Waals surface area contributed by atoms with Gasteiger partial charge in [0, 0.05) is 21.3 Å². The van der Waals surface area contributed by atoms with E-state index in [2.05, 4.69) is 26.3 Å². The molecule has 200 valence electrons. The van der Waals surface area contributed by atoms with Crippen molar-refractivity contribution in [2.75, 3.05) is 19.0 Å². The highest BCUT2D eigenvalue weighted by Gasteiger charge is 2.16. The van der Waals surface area contributed by atoms with Gasteiger partial charge in [0.1, 0.15) is 0 Å². The van der Waals surface area contributed by atoms with Gasteiger partial charge in [0.05, 0.1) is 24.2 Å². The molecule has 40 heavy (non-hydrogen) atoms. The number of nitrogens with one attached hydrogen (secondary N) is 1. The predicted molar refractivity (Wildman–Crippen MR) is 160 cm³/mol. The number of amides is 1. The monoisotopic (exact) mass is 596 g/mol. The van der Waals surface area contributed by atoms with Crippen molar-refractivity contribution in [1.29, 1.82) is 0 Å². The van der Waals surface area contributed by atoms with Crippen molar-refractivity contribution in [3.63, 3.8) is 0 Å². The summed E-state index contributed by atoms with van der Waals surface area (Å²) in [7, 11) is 1.51. The number of fused-ring (bicyclic) bond motifs is 1. The van der Waals surface area contributed by atoms with E-state index in [1.54, 1.807) is 30.3 Å². The molecule has 0 bridgehead atoms. The first-order valence-electron chi connectivity index (χ1n) is 12.4. The minimum Gasteiger partial charge on any atom is -0.493 e. The second kappa shape index (κ2) is 12.0. The molecule has 8 nitrogen and oxygen atoms in total. The van der Waals surface area contributed by atoms with Crippen molar-refractivity contribution in [2.45, 2.75) is 6.92 Å². The number of para-hydroxylation sites is 2. The van der Waals surface area contributed by atoms with Gasteiger partial charge in [0.15, 0.2) is 23.9 Å². The molecule has 0 aliphatic carbocycles. The molecule has 0 radical (unpaired) electrons. The second-order valence-corrected chi connectivity index (χ2v) is 9.77. The maximum absolute atomic E-state index is 13.5. The van der Waals surface area contributed by atoms with Crippen LogP contribution in [0.4, 0.5) is 5.69 Å². The molecule has 1 aromatic heterocycles. The summed E-state index contributed by atoms with van der Waals surface area (Å²) in [6.45, 7) is 1.65. The number of nitrogens with zero attached hydrogens (tertiary/aromatic N) is 3. The van der Waals surface area contributed by atoms with E-state index < -0.39 is 0 Å². The summed E-state index contributed by atoms with van der Waals surface area (Å²) < 4.78 is 13.4. The van der Waals surface area contributed by atoms with E-state index in [1.807, 2.05) is 67.6 Å². The Kier molecular flexibility index (Phi) is 8.02. The summed E-state index contributed by atoms with van der Waals surface area (Å²) in [4.78, 5) is 30.9. The third kappa shape index (κ3) is 5.79. The lowest BCUT2D eigenvalue weighted by Crippen LogP contribution is -2.21. The maximum Gasteiger partial charge on any atom is 0.282 e. The van der Waals surface area contributed by atoms with Crippen LogP contribution in [0, 0.1) is 6.92 Å². The lowest BCUT2D eigenvalue weighted by Gasteiger charge is -2.15. The van der Waals surface area contributed by atoms with E-state index in [4.69, 9.17) is 14.5 Å². The molecule has 0 aliphatic rings. The fraction of sp³-hybridized carbons (Fsp3) is 0.0968. The molecule has 0 saturated carbocycles. The third-order valence-electron chi connectivity index (χ3n) is 6.13. The summed E-state index contributed by atoms with van der Waals surface area (Å²) in [6.07, 6.45) is 1.49. The standard InChI is InChI=1S/C31H25BrN4O4/c1-20-10-6-8-14-25(20)34-28(37)19-40-29-22(16-23(32)17-27(29)39-2)18-33-36-30(21-11-4-3-5-12-21)35-26-15-9-7-13-24(26)31(36)38/h3-18H,19H2,1-2H3,(H,34,37). The predicted octanol–water partition coefficient (Wildman–Crippen LogP) is 6.04. The molecular weight excluding hydrogens is 572 g/mol. The van der Waals surface area contributed by atoms with Gasteiger partial charge in [-0.3, -0.25) is 9.59 Å². The highest BCUT2D eigenvalue weighted by molar-refractivity contribution is 9.10. The number of hydrogen-bond donors (Lipinski definition) is 1. The first-order valence-corrected chi connectivity index (χ1v) is 13.2. The normalized spacial score (nSPS) is 11.1. The number of ether oxygens (including phenoxy) is 2. The lowest BCUT2D eigenvalue weighted by atomic mass is 10.2. The largest absolute Gasteiger partial charge is 0.493 e. The number of carbonyl (C=O) groups excluding carboxylic acids is 1. The van der Waals surface area contributed by atoms with Crippen molar-refractivity contribution < 1.29 is 14.3 Å². The minimum absolute atomic E-state index is 0.264. The molecule has 0 unspecified atom stereocenters. The van der Waals surface area contributed by atoms with Crippen LogP contribution in [0.3, 0.4) is 0 Å². The number of aromatic nitrogens is 2. The quantitative estimate of drug-likeness (QED) is 0.220. The first kappa shape index (κ1) is 26.8. The minimum atomic E-state index is -0.330. The molecule has 0 saturated heterocycles. The Labute approximate surface area is 239 Å². The molecular formula is C31H25BrN4O4. The number of rotatable bonds is 8. The highest BCUT2D eigenvalue weighted by Crippen LogP contribution is 2.34. The van der Waals surface area contributed by atoms with E-state index in [0.29, 0.717) is 43.9 Å². The van der Waals surface area contributed by atoms with E-state index in [0.717, 1.165) is 11.1 Å². The van der Waals surface area contributed by atoms with Gasteiger partial charge in [-0.25, -0.2) is 4.98 Å². The average molecular weight is 597 g/mol. The summed E-state index contributed by atoms with van der Waals surface area (Å²) >= 11 is 3.49. The third-order valence-corrected chi connectivity index (χ3v) is 6.59. The van der Waals surface area contributed by atoms with Crippen molar-refractivity contribution in [3.05, 3.63) is 117 Å². The lowest BCUT2D eigenvalue weighted by molar-refractivity contribution is -0.118. The molecule has 0 atom stereocenters. The molecule has 0 spiro atoms. The van der Waals surface area contributed by atoms with Crippen molar-refractivity contribution in [1.82, 2.24) is 9.66 Å². The zero-order valence-electron chi connectivity index (χ0n) is 21.8. The fourth-order valence-electron chi connectivity index (χ4n) is 4.15. The van der Waals surface area contributed by atoms with Crippen molar-refractivity contribution in [3.8, 4) is 22.9 Å². The SMILES string of the molecule is COc1cc(Br)cc(C=Nn2c(-c3ccccc3)nc3ccccc3c2=O)c1OCC(=O)Nc1ccccc1C. The first-order chi connectivity index (χ1) is 19.4. The molecule has 9 heteroatoms. The Hall–Kier alpha value is -4.76. The van der Waals surface area contributed by atoms with Crippen LogP contribution < -0.4 is 20.3 Å². The highest BCUT2D eigenvalue weighted by atomic mass is 79.9. The van der Waals surface area contributed by atoms with Gasteiger partial charge < -0.3 is 14.8 Å². The molecule has 1 amide bonds. The van der Waals surface area contributed by atoms with E-state index in [1.165, 1.54) is 18.0 Å². The van der Waals surface area contributed by atoms with Crippen LogP contribution in [0.5, 0.6) is 11.5 Å². The Balaban J connectivity index is 1.52. The van der Waals surface area contributed by atoms with Gasteiger partial charge in [0.2, 0.25) is 0 Å². The van der Waals surface area contributed by atoms with E-state index in [9.17, 15) is 9.59 Å². The van der Waals surface area contributed by atoms with Gasteiger partial charge >= 0.3 is 0 Å². The van der Waals surface area contributed by atoms with Gasteiger partial charge in [-0.15, -0.1) is 0 Å². The summed E-state index contributed by atoms with van der Waals surface area (Å²) in [5.41, 5.74) is 3.13. The second-order valence-electron chi connectivity index (χ2n) is 8.86. The van der Waals surface area contributed by atoms with E-state index >= 15 is 0 Å². The zero-order chi connectivity index (χ0) is 28.1. The van der Waals surface area contributed by atoms with Crippen LogP contribution in [0.2, 0.25) is 0 Å². The molecule has 0 aliphatic heterocycles. The summed E-state index contributed by atoms with van der Waals surface area (Å²) in [6, 6.07) is 27.5. The van der Waals surface area contributed by atoms with Gasteiger partial charge in [-0.1, -0.05) is 76.6 Å². The molecule has 5 rings (SSSR count). The maximum atomic E-state index is 13.5. The number of methoxy groups -OCH3 is 1. The Morgan fingerprint density at radius 2 is 1.75 bits per heavy atom.